The highest BCUT2D eigenvalue weighted by molar-refractivity contribution is 6.08. The molecule has 7 fully saturated rings. The lowest BCUT2D eigenvalue weighted by Crippen LogP contribution is -2.53. The number of rotatable bonds is 11. The van der Waals surface area contributed by atoms with Crippen LogP contribution in [0.25, 0.3) is 16.7 Å². The van der Waals surface area contributed by atoms with Crippen molar-refractivity contribution >= 4 is 45.9 Å². The smallest absolute Gasteiger partial charge is 0.329 e. The fourth-order valence-electron chi connectivity index (χ4n) is 12.1. The summed E-state index contributed by atoms with van der Waals surface area (Å²) in [5.41, 5.74) is 2.69. The van der Waals surface area contributed by atoms with Crippen molar-refractivity contribution in [2.45, 2.75) is 108 Å². The van der Waals surface area contributed by atoms with Gasteiger partial charge in [0.25, 0.3) is 12.3 Å². The molecule has 3 unspecified atom stereocenters. The topological polar surface area (TPSA) is 169 Å². The van der Waals surface area contributed by atoms with Gasteiger partial charge in [-0.25, -0.2) is 23.1 Å². The number of aryl methyl sites for hydroxylation is 1. The minimum atomic E-state index is -2.85. The number of halogens is 2. The maximum Gasteiger partial charge on any atom is 0.329 e. The summed E-state index contributed by atoms with van der Waals surface area (Å²) in [6, 6.07) is 7.61. The third kappa shape index (κ3) is 8.34. The summed E-state index contributed by atoms with van der Waals surface area (Å²) >= 11 is 0. The number of benzene rings is 1. The summed E-state index contributed by atoms with van der Waals surface area (Å²) in [5.74, 6) is 1.30. The van der Waals surface area contributed by atoms with Crippen molar-refractivity contribution < 1.29 is 27.9 Å². The Morgan fingerprint density at radius 1 is 0.985 bits per heavy atom. The number of amides is 3. The lowest BCUT2D eigenvalue weighted by molar-refractivity contribution is -0.135. The van der Waals surface area contributed by atoms with Gasteiger partial charge in [0.2, 0.25) is 11.8 Å². The number of anilines is 2. The number of piperazine rings is 1. The Kier molecular flexibility index (Phi) is 11.7. The van der Waals surface area contributed by atoms with E-state index in [1.54, 1.807) is 33.3 Å². The third-order valence-corrected chi connectivity index (χ3v) is 16.1. The number of aromatic nitrogens is 7. The van der Waals surface area contributed by atoms with Crippen LogP contribution in [0.4, 0.5) is 20.3 Å². The van der Waals surface area contributed by atoms with Crippen LogP contribution in [-0.2, 0) is 21.4 Å². The van der Waals surface area contributed by atoms with Gasteiger partial charge in [-0.3, -0.25) is 38.4 Å². The molecule has 7 aliphatic rings. The zero-order chi connectivity index (χ0) is 46.1. The average molecular weight is 923 g/mol. The zero-order valence-electron chi connectivity index (χ0n) is 38.2. The predicted molar refractivity (Wildman–Crippen MR) is 245 cm³/mol. The van der Waals surface area contributed by atoms with Gasteiger partial charge in [0.1, 0.15) is 17.4 Å². The van der Waals surface area contributed by atoms with E-state index in [0.717, 1.165) is 126 Å². The Hall–Kier alpha value is -5.53. The summed E-state index contributed by atoms with van der Waals surface area (Å²) in [6.45, 7) is 9.71. The number of hydrogen-bond acceptors (Lipinski definition) is 11. The molecule has 12 rings (SSSR count). The van der Waals surface area contributed by atoms with Crippen molar-refractivity contribution in [3.05, 3.63) is 70.2 Å². The molecule has 2 saturated carbocycles. The second-order valence-corrected chi connectivity index (χ2v) is 20.2. The number of piperidine rings is 1. The van der Waals surface area contributed by atoms with Crippen LogP contribution >= 0.6 is 0 Å². The Morgan fingerprint density at radius 3 is 2.54 bits per heavy atom. The molecule has 67 heavy (non-hydrogen) atoms. The molecule has 4 aromatic heterocycles. The first-order valence-electron chi connectivity index (χ1n) is 24.3. The Labute approximate surface area is 386 Å². The molecule has 5 saturated heterocycles. The summed E-state index contributed by atoms with van der Waals surface area (Å²) in [4.78, 5) is 63.9. The van der Waals surface area contributed by atoms with Crippen molar-refractivity contribution in [3.8, 4) is 0 Å². The molecule has 356 valence electrons. The minimum absolute atomic E-state index is 0.00873. The van der Waals surface area contributed by atoms with Gasteiger partial charge in [0, 0.05) is 77.7 Å². The Morgan fingerprint density at radius 2 is 1.79 bits per heavy atom. The largest absolute Gasteiger partial charge is 0.376 e. The Balaban J connectivity index is 0.662. The number of para-hydroxylation sites is 1. The number of fused-ring (bicyclic) bond motifs is 6. The van der Waals surface area contributed by atoms with Crippen LogP contribution in [0.5, 0.6) is 0 Å². The van der Waals surface area contributed by atoms with E-state index in [2.05, 4.69) is 48.5 Å². The summed E-state index contributed by atoms with van der Waals surface area (Å²) in [5, 5.41) is 13.8. The first-order chi connectivity index (χ1) is 32.4. The molecule has 5 aromatic rings. The second kappa shape index (κ2) is 17.8. The van der Waals surface area contributed by atoms with Crippen LogP contribution in [0.15, 0.2) is 47.7 Å². The molecule has 0 radical (unpaired) electrons. The molecule has 2 aliphatic carbocycles. The van der Waals surface area contributed by atoms with Gasteiger partial charge in [-0.05, 0) is 106 Å². The monoisotopic (exact) mass is 922 g/mol. The standard InChI is InChI=1S/C48H60F2N12O5/c1-28(31-20-32(21-31)35-4-3-5-38-43(35)56(2)48(66)62(38)39-12-13-41(63)54-47(39)65)58-18-16-57(17-19-58)23-29-6-9-33(10-7-29)61-26-37(42(55-61)44(49)50)52-46(64)36-22-51-60-15-14-40(53-45(36)60)59-24-30-8-11-34(25-59)67-27-30/h3-5,14-15,22,26,28-34,39,44H,6-13,16-21,23-25,27H2,1-2H3,(H,52,64)(H,54,63,65)/t28-,29?,30?,31?,32?,33?,34?,39?/m0/s1. The lowest BCUT2D eigenvalue weighted by Gasteiger charge is -2.47. The number of nitrogens with one attached hydrogen (secondary N) is 2. The van der Waals surface area contributed by atoms with E-state index in [0.29, 0.717) is 41.8 Å². The van der Waals surface area contributed by atoms with Crippen LogP contribution in [0, 0.1) is 17.8 Å². The van der Waals surface area contributed by atoms with E-state index in [1.165, 1.54) is 10.7 Å². The van der Waals surface area contributed by atoms with Crippen LogP contribution in [0.3, 0.4) is 0 Å². The van der Waals surface area contributed by atoms with Gasteiger partial charge in [0.15, 0.2) is 11.3 Å². The van der Waals surface area contributed by atoms with Gasteiger partial charge < -0.3 is 19.9 Å². The average Bonchev–Trinajstić information content (AvgIpc) is 3.90. The van der Waals surface area contributed by atoms with E-state index < -0.39 is 30.0 Å². The molecule has 3 amide bonds. The maximum atomic E-state index is 14.4. The van der Waals surface area contributed by atoms with Crippen LogP contribution < -0.4 is 21.2 Å². The number of carbonyl (C=O) groups is 3. The van der Waals surface area contributed by atoms with E-state index in [-0.39, 0.29) is 41.4 Å². The minimum Gasteiger partial charge on any atom is -0.376 e. The first-order valence-corrected chi connectivity index (χ1v) is 24.3. The molecule has 0 spiro atoms. The van der Waals surface area contributed by atoms with E-state index in [4.69, 9.17) is 9.72 Å². The van der Waals surface area contributed by atoms with Crippen LogP contribution in [0.2, 0.25) is 0 Å². The number of imidazole rings is 1. The van der Waals surface area contributed by atoms with Crippen LogP contribution in [0.1, 0.15) is 117 Å². The number of nitrogens with zero attached hydrogens (tertiary/aromatic N) is 10. The van der Waals surface area contributed by atoms with Gasteiger partial charge in [-0.15, -0.1) is 0 Å². The van der Waals surface area contributed by atoms with Gasteiger partial charge in [-0.1, -0.05) is 12.1 Å². The molecule has 9 heterocycles. The SMILES string of the molecule is C[C@@H](C1CC(c2cccc3c2n(C)c(=O)n3C2CCC(=O)NC2=O)C1)N1CCN(CC2CCC(n3cc(NC(=O)c4cnn5ccc(N6CC7CCC(C6)OC7)nc45)c(C(F)F)n3)CC2)CC1. The second-order valence-electron chi connectivity index (χ2n) is 20.2. The normalized spacial score (nSPS) is 28.0. The van der Waals surface area contributed by atoms with Gasteiger partial charge in [0.05, 0.1) is 41.7 Å². The summed E-state index contributed by atoms with van der Waals surface area (Å²) < 4.78 is 41.2. The van der Waals surface area contributed by atoms with E-state index >= 15 is 0 Å². The van der Waals surface area contributed by atoms with Crippen molar-refractivity contribution in [1.29, 1.82) is 0 Å². The molecule has 1 aromatic carbocycles. The van der Waals surface area contributed by atoms with Crippen LogP contribution in [-0.4, -0.2) is 126 Å². The van der Waals surface area contributed by atoms with Gasteiger partial charge in [-0.2, -0.15) is 10.2 Å². The van der Waals surface area contributed by atoms with Gasteiger partial charge >= 0.3 is 5.69 Å². The fourth-order valence-corrected chi connectivity index (χ4v) is 12.1. The molecule has 4 atom stereocenters. The third-order valence-electron chi connectivity index (χ3n) is 16.1. The number of hydrogen-bond donors (Lipinski definition) is 2. The quantitative estimate of drug-likeness (QED) is 0.165. The molecule has 19 heteroatoms. The number of ether oxygens (including phenoxy) is 1. The summed E-state index contributed by atoms with van der Waals surface area (Å²) in [6.07, 6.45) is 10.4. The zero-order valence-corrected chi connectivity index (χ0v) is 38.2. The highest BCUT2D eigenvalue weighted by atomic mass is 19.3. The number of carbonyl (C=O) groups excluding carboxylic acids is 3. The first kappa shape index (κ1) is 44.0. The summed E-state index contributed by atoms with van der Waals surface area (Å²) in [7, 11) is 1.78. The highest BCUT2D eigenvalue weighted by Crippen LogP contribution is 2.47. The molecular formula is C48H60F2N12O5. The maximum absolute atomic E-state index is 14.4. The van der Waals surface area contributed by atoms with E-state index in [9.17, 15) is 28.0 Å². The molecule has 5 aliphatic heterocycles. The fraction of sp³-hybridized carbons (Fsp3) is 0.604. The molecular weight excluding hydrogens is 863 g/mol. The van der Waals surface area contributed by atoms with Crippen molar-refractivity contribution in [2.75, 3.05) is 62.6 Å². The van der Waals surface area contributed by atoms with Crippen molar-refractivity contribution in [3.63, 3.8) is 0 Å². The molecule has 2 N–H and O–H groups in total. The molecule has 2 bridgehead atoms. The van der Waals surface area contributed by atoms with E-state index in [1.807, 2.05) is 18.2 Å². The highest BCUT2D eigenvalue weighted by Gasteiger charge is 2.40. The number of alkyl halides is 2. The number of imide groups is 1. The lowest BCUT2D eigenvalue weighted by atomic mass is 9.68. The van der Waals surface area contributed by atoms with Crippen molar-refractivity contribution in [1.82, 2.24) is 48.6 Å². The molecule has 17 nitrogen and oxygen atoms in total. The van der Waals surface area contributed by atoms with Crippen molar-refractivity contribution in [2.24, 2.45) is 24.8 Å². The predicted octanol–water partition coefficient (Wildman–Crippen LogP) is 5.29. The Bertz CT molecular complexity index is 2720.